The van der Waals surface area contributed by atoms with E-state index in [1.165, 1.54) is 4.90 Å². The first-order chi connectivity index (χ1) is 16.3. The maximum absolute atomic E-state index is 13.9. The molecule has 2 rings (SSSR count). The largest absolute Gasteiger partial charge is 0.444 e. The molecule has 1 aromatic carbocycles. The number of hydrogen-bond acceptors (Lipinski definition) is 5. The third kappa shape index (κ3) is 8.56. The molecule has 2 atom stereocenters. The van der Waals surface area contributed by atoms with Crippen LogP contribution in [0.2, 0.25) is 0 Å². The van der Waals surface area contributed by atoms with Gasteiger partial charge in [-0.3, -0.25) is 14.4 Å². The Labute approximate surface area is 208 Å². The van der Waals surface area contributed by atoms with Crippen LogP contribution in [0.25, 0.3) is 0 Å². The van der Waals surface area contributed by atoms with Crippen LogP contribution in [-0.4, -0.2) is 52.9 Å². The van der Waals surface area contributed by atoms with Crippen molar-refractivity contribution >= 4 is 23.8 Å². The van der Waals surface area contributed by atoms with Crippen molar-refractivity contribution in [3.63, 3.8) is 0 Å². The van der Waals surface area contributed by atoms with Crippen molar-refractivity contribution in [3.05, 3.63) is 34.9 Å². The molecule has 0 saturated heterocycles. The van der Waals surface area contributed by atoms with Gasteiger partial charge in [-0.25, -0.2) is 4.79 Å². The van der Waals surface area contributed by atoms with Crippen molar-refractivity contribution < 1.29 is 23.9 Å². The van der Waals surface area contributed by atoms with E-state index in [2.05, 4.69) is 10.6 Å². The minimum Gasteiger partial charge on any atom is -0.444 e. The molecule has 1 aliphatic rings. The van der Waals surface area contributed by atoms with Crippen molar-refractivity contribution in [3.8, 4) is 0 Å². The molecule has 4 N–H and O–H groups in total. The molecule has 1 fully saturated rings. The maximum atomic E-state index is 13.9. The first-order valence-corrected chi connectivity index (χ1v) is 12.3. The minimum absolute atomic E-state index is 0.180. The number of primary amides is 1. The van der Waals surface area contributed by atoms with Gasteiger partial charge in [0.1, 0.15) is 17.7 Å². The summed E-state index contributed by atoms with van der Waals surface area (Å²) in [4.78, 5) is 53.2. The predicted molar refractivity (Wildman–Crippen MR) is 133 cm³/mol. The van der Waals surface area contributed by atoms with E-state index < -0.39 is 42.0 Å². The van der Waals surface area contributed by atoms with Gasteiger partial charge in [0, 0.05) is 12.6 Å². The lowest BCUT2D eigenvalue weighted by atomic mass is 9.95. The van der Waals surface area contributed by atoms with Gasteiger partial charge in [-0.1, -0.05) is 37.1 Å². The molecule has 9 nitrogen and oxygen atoms in total. The monoisotopic (exact) mass is 488 g/mol. The normalized spacial score (nSPS) is 15.0. The summed E-state index contributed by atoms with van der Waals surface area (Å²) in [5.41, 5.74) is 7.17. The molecule has 0 aliphatic heterocycles. The fourth-order valence-electron chi connectivity index (χ4n) is 3.86. The number of nitrogens with two attached hydrogens (primary N) is 1. The number of carbonyl (C=O) groups is 4. The molecule has 1 aromatic rings. The zero-order chi connectivity index (χ0) is 26.3. The van der Waals surface area contributed by atoms with Crippen LogP contribution in [0.3, 0.4) is 0 Å². The second-order valence-electron chi connectivity index (χ2n) is 10.3. The molecule has 1 saturated carbocycles. The summed E-state index contributed by atoms with van der Waals surface area (Å²) in [5.74, 6) is -1.57. The number of aryl methyl sites for hydroxylation is 2. The number of amides is 4. The molecule has 0 spiro atoms. The van der Waals surface area contributed by atoms with Gasteiger partial charge in [-0.05, 0) is 65.0 Å². The SMILES string of the molecule is CCCCNC(=O)C(c1cc(C)ccc1C)N(C(=O)C(CC(N)=O)NC(=O)OC(C)(C)C)C1CC1. The Hall–Kier alpha value is -3.10. The maximum Gasteiger partial charge on any atom is 0.408 e. The van der Waals surface area contributed by atoms with E-state index >= 15 is 0 Å². The fraction of sp³-hybridized carbons (Fsp3) is 0.615. The van der Waals surface area contributed by atoms with Gasteiger partial charge in [0.25, 0.3) is 0 Å². The van der Waals surface area contributed by atoms with Crippen LogP contribution in [0.15, 0.2) is 18.2 Å². The fourth-order valence-corrected chi connectivity index (χ4v) is 3.86. The second kappa shape index (κ2) is 12.0. The molecule has 9 heteroatoms. The topological polar surface area (TPSA) is 131 Å². The summed E-state index contributed by atoms with van der Waals surface area (Å²) in [6.07, 6.45) is 1.95. The Morgan fingerprint density at radius 1 is 1.17 bits per heavy atom. The van der Waals surface area contributed by atoms with Crippen molar-refractivity contribution in [1.82, 2.24) is 15.5 Å². The van der Waals surface area contributed by atoms with Crippen LogP contribution < -0.4 is 16.4 Å². The highest BCUT2D eigenvalue weighted by atomic mass is 16.6. The minimum atomic E-state index is -1.25. The number of nitrogens with zero attached hydrogens (tertiary/aromatic N) is 1. The highest BCUT2D eigenvalue weighted by Gasteiger charge is 2.44. The highest BCUT2D eigenvalue weighted by Crippen LogP contribution is 2.37. The molecule has 0 heterocycles. The summed E-state index contributed by atoms with van der Waals surface area (Å²) in [5, 5.41) is 5.47. The Bertz CT molecular complexity index is 936. The van der Waals surface area contributed by atoms with Crippen molar-refractivity contribution in [2.24, 2.45) is 5.73 Å². The highest BCUT2D eigenvalue weighted by molar-refractivity contribution is 5.95. The predicted octanol–water partition coefficient (Wildman–Crippen LogP) is 3.02. The Morgan fingerprint density at radius 3 is 2.37 bits per heavy atom. The molecule has 2 unspecified atom stereocenters. The number of nitrogens with one attached hydrogen (secondary N) is 2. The third-order valence-corrected chi connectivity index (χ3v) is 5.67. The van der Waals surface area contributed by atoms with Crippen LogP contribution in [0, 0.1) is 13.8 Å². The van der Waals surface area contributed by atoms with Gasteiger partial charge in [0.05, 0.1) is 6.42 Å². The summed E-state index contributed by atoms with van der Waals surface area (Å²) >= 11 is 0. The van der Waals surface area contributed by atoms with Crippen molar-refractivity contribution in [2.45, 2.75) is 97.4 Å². The molecule has 35 heavy (non-hydrogen) atoms. The lowest BCUT2D eigenvalue weighted by molar-refractivity contribution is -0.144. The average Bonchev–Trinajstić information content (AvgIpc) is 3.56. The second-order valence-corrected chi connectivity index (χ2v) is 10.3. The quantitative estimate of drug-likeness (QED) is 0.412. The summed E-state index contributed by atoms with van der Waals surface area (Å²) < 4.78 is 5.30. The van der Waals surface area contributed by atoms with Gasteiger partial charge in [-0.15, -0.1) is 0 Å². The Kier molecular flexibility index (Phi) is 9.68. The van der Waals surface area contributed by atoms with Gasteiger partial charge < -0.3 is 26.0 Å². The van der Waals surface area contributed by atoms with Crippen molar-refractivity contribution in [2.75, 3.05) is 6.54 Å². The summed E-state index contributed by atoms with van der Waals surface area (Å²) in [6, 6.07) is 3.45. The smallest absolute Gasteiger partial charge is 0.408 e. The van der Waals surface area contributed by atoms with Crippen LogP contribution in [-0.2, 0) is 19.1 Å². The van der Waals surface area contributed by atoms with Crippen molar-refractivity contribution in [1.29, 1.82) is 0 Å². The van der Waals surface area contributed by atoms with Crippen LogP contribution in [0.5, 0.6) is 0 Å². The number of hydrogen-bond donors (Lipinski definition) is 3. The molecule has 1 aliphatic carbocycles. The molecule has 194 valence electrons. The van der Waals surface area contributed by atoms with Gasteiger partial charge in [0.2, 0.25) is 17.7 Å². The van der Waals surface area contributed by atoms with E-state index in [-0.39, 0.29) is 11.9 Å². The van der Waals surface area contributed by atoms with E-state index in [1.807, 2.05) is 39.0 Å². The molecular weight excluding hydrogens is 448 g/mol. The van der Waals surface area contributed by atoms with E-state index in [0.717, 1.165) is 36.8 Å². The van der Waals surface area contributed by atoms with Crippen LogP contribution in [0.1, 0.15) is 82.5 Å². The summed E-state index contributed by atoms with van der Waals surface area (Å²) in [7, 11) is 0. The Morgan fingerprint density at radius 2 is 1.83 bits per heavy atom. The number of carbonyl (C=O) groups excluding carboxylic acids is 4. The number of benzene rings is 1. The van der Waals surface area contributed by atoms with Crippen LogP contribution >= 0.6 is 0 Å². The third-order valence-electron chi connectivity index (χ3n) is 5.67. The lowest BCUT2D eigenvalue weighted by Gasteiger charge is -2.35. The molecule has 0 aromatic heterocycles. The first-order valence-electron chi connectivity index (χ1n) is 12.3. The van der Waals surface area contributed by atoms with Gasteiger partial charge in [-0.2, -0.15) is 0 Å². The Balaban J connectivity index is 2.47. The molecule has 0 radical (unpaired) electrons. The van der Waals surface area contributed by atoms with E-state index in [0.29, 0.717) is 12.1 Å². The van der Waals surface area contributed by atoms with E-state index in [4.69, 9.17) is 10.5 Å². The molecular formula is C26H40N4O5. The number of alkyl carbamates (subject to hydrolysis) is 1. The lowest BCUT2D eigenvalue weighted by Crippen LogP contribution is -2.54. The van der Waals surface area contributed by atoms with Gasteiger partial charge in [0.15, 0.2) is 0 Å². The zero-order valence-electron chi connectivity index (χ0n) is 21.8. The number of rotatable bonds is 11. The average molecular weight is 489 g/mol. The van der Waals surface area contributed by atoms with Gasteiger partial charge >= 0.3 is 6.09 Å². The summed E-state index contributed by atoms with van der Waals surface area (Å²) in [6.45, 7) is 11.5. The molecule has 0 bridgehead atoms. The van der Waals surface area contributed by atoms with E-state index in [9.17, 15) is 19.2 Å². The van der Waals surface area contributed by atoms with E-state index in [1.54, 1.807) is 20.8 Å². The number of ether oxygens (including phenoxy) is 1. The molecule has 4 amide bonds. The number of unbranched alkanes of at least 4 members (excludes halogenated alkanes) is 1. The zero-order valence-corrected chi connectivity index (χ0v) is 21.8. The standard InChI is InChI=1S/C26H40N4O5/c1-7-8-13-28-23(32)22(19-14-16(2)9-10-17(19)3)30(18-11-12-18)24(33)20(15-21(27)31)29-25(34)35-26(4,5)6/h9-10,14,18,20,22H,7-8,11-13,15H2,1-6H3,(H2,27,31)(H,28,32)(H,29,34). The van der Waals surface area contributed by atoms with Crippen LogP contribution in [0.4, 0.5) is 4.79 Å². The first kappa shape index (κ1) is 28.1.